The summed E-state index contributed by atoms with van der Waals surface area (Å²) in [6, 6.07) is 7.63. The van der Waals surface area contributed by atoms with Crippen LogP contribution in [0.25, 0.3) is 27.5 Å². The molecule has 10 heteroatoms. The summed E-state index contributed by atoms with van der Waals surface area (Å²) in [6.45, 7) is 0. The molecule has 0 aliphatic rings. The zero-order valence-corrected chi connectivity index (χ0v) is 14.9. The van der Waals surface area contributed by atoms with Crippen molar-refractivity contribution in [2.24, 2.45) is 0 Å². The Balaban J connectivity index is 2.22. The molecule has 2 aromatic carbocycles. The van der Waals surface area contributed by atoms with E-state index in [4.69, 9.17) is 5.73 Å². The van der Waals surface area contributed by atoms with Crippen LogP contribution in [0.4, 0.5) is 18.9 Å². The summed E-state index contributed by atoms with van der Waals surface area (Å²) in [6.07, 6.45) is -3.06. The maximum atomic E-state index is 13.3. The average Bonchev–Trinajstić information content (AvgIpc) is 3.16. The molecule has 0 fully saturated rings. The number of hydrogen-bond donors (Lipinski definition) is 2. The second kappa shape index (κ2) is 6.36. The van der Waals surface area contributed by atoms with E-state index in [1.807, 2.05) is 0 Å². The number of nitrogen functional groups attached to an aromatic ring is 1. The molecule has 0 aliphatic heterocycles. The van der Waals surface area contributed by atoms with Gasteiger partial charge in [0.1, 0.15) is 11.1 Å². The van der Waals surface area contributed by atoms with Crippen molar-refractivity contribution < 1.29 is 22.7 Å². The summed E-state index contributed by atoms with van der Waals surface area (Å²) in [5.74, 6) is -0.989. The summed E-state index contributed by atoms with van der Waals surface area (Å²) in [5.41, 5.74) is 3.83. The first-order chi connectivity index (χ1) is 13.7. The van der Waals surface area contributed by atoms with Crippen LogP contribution in [0.5, 0.6) is 0 Å². The third-order valence-electron chi connectivity index (χ3n) is 4.62. The minimum absolute atomic E-state index is 0.102. The molecule has 4 aromatic rings. The van der Waals surface area contributed by atoms with E-state index in [9.17, 15) is 22.8 Å². The summed E-state index contributed by atoms with van der Waals surface area (Å²) in [4.78, 5) is 25.4. The second-order valence-electron chi connectivity index (χ2n) is 6.25. The maximum Gasteiger partial charge on any atom is 0.416 e. The van der Waals surface area contributed by atoms with Gasteiger partial charge in [-0.15, -0.1) is 0 Å². The molecule has 0 saturated heterocycles. The molecular weight excluding hydrogens is 389 g/mol. The second-order valence-corrected chi connectivity index (χ2v) is 6.25. The number of hydrogen-bond acceptors (Lipinski definition) is 5. The summed E-state index contributed by atoms with van der Waals surface area (Å²) in [5, 5.41) is 7.46. The lowest BCUT2D eigenvalue weighted by Gasteiger charge is -2.17. The summed E-state index contributed by atoms with van der Waals surface area (Å²) < 4.78 is 45.6. The highest BCUT2D eigenvalue weighted by Crippen LogP contribution is 2.34. The highest BCUT2D eigenvalue weighted by Gasteiger charge is 2.32. The fourth-order valence-electron chi connectivity index (χ4n) is 3.26. The summed E-state index contributed by atoms with van der Waals surface area (Å²) >= 11 is 0. The number of halogens is 3. The van der Waals surface area contributed by atoms with E-state index in [2.05, 4.69) is 14.9 Å². The van der Waals surface area contributed by atoms with Crippen molar-refractivity contribution in [3.8, 4) is 5.69 Å². The van der Waals surface area contributed by atoms with Gasteiger partial charge < -0.3 is 10.5 Å². The number of esters is 1. The first kappa shape index (κ1) is 18.5. The molecule has 4 rings (SSSR count). The predicted molar refractivity (Wildman–Crippen MR) is 100.0 cm³/mol. The number of methoxy groups -OCH3 is 1. The van der Waals surface area contributed by atoms with E-state index < -0.39 is 28.8 Å². The molecule has 148 valence electrons. The first-order valence-electron chi connectivity index (χ1n) is 8.30. The third-order valence-corrected chi connectivity index (χ3v) is 4.62. The Bertz CT molecular complexity index is 1340. The Morgan fingerprint density at radius 1 is 1.24 bits per heavy atom. The van der Waals surface area contributed by atoms with Gasteiger partial charge in [0, 0.05) is 17.0 Å². The molecule has 3 N–H and O–H groups in total. The number of anilines is 1. The van der Waals surface area contributed by atoms with Crippen LogP contribution in [0.2, 0.25) is 0 Å². The van der Waals surface area contributed by atoms with Crippen LogP contribution in [-0.4, -0.2) is 27.8 Å². The Morgan fingerprint density at radius 2 is 2.00 bits per heavy atom. The number of nitrogens with two attached hydrogens (primary N) is 1. The SMILES string of the molecule is COC(=O)c1c(N)c2ccc(C(F)(F)F)cc2n(-c2cccc3c[nH]nc23)c1=O. The number of fused-ring (bicyclic) bond motifs is 2. The van der Waals surface area contributed by atoms with Crippen LogP contribution in [-0.2, 0) is 10.9 Å². The standard InChI is InChI=1S/C19H13F3N4O3/c1-29-18(28)14-15(23)11-6-5-10(19(20,21)22)7-13(11)26(17(14)27)12-4-2-3-9-8-24-25-16(9)12/h2-8H,23H2,1H3,(H,24,25). The van der Waals surface area contributed by atoms with Crippen LogP contribution in [0.15, 0.2) is 47.4 Å². The number of alkyl halides is 3. The molecule has 2 aromatic heterocycles. The molecule has 29 heavy (non-hydrogen) atoms. The number of pyridine rings is 1. The smallest absolute Gasteiger partial charge is 0.416 e. The Hall–Kier alpha value is -3.82. The zero-order valence-electron chi connectivity index (χ0n) is 14.9. The lowest BCUT2D eigenvalue weighted by atomic mass is 10.0. The van der Waals surface area contributed by atoms with Crippen LogP contribution in [0, 0.1) is 0 Å². The van der Waals surface area contributed by atoms with Gasteiger partial charge in [0.15, 0.2) is 0 Å². The Morgan fingerprint density at radius 3 is 2.69 bits per heavy atom. The number of para-hydroxylation sites is 1. The van der Waals surface area contributed by atoms with Crippen LogP contribution in [0.3, 0.4) is 0 Å². The van der Waals surface area contributed by atoms with Crippen molar-refractivity contribution in [2.45, 2.75) is 6.18 Å². The number of carbonyl (C=O) groups excluding carboxylic acids is 1. The highest BCUT2D eigenvalue weighted by atomic mass is 19.4. The molecule has 0 bridgehead atoms. The molecular formula is C19H13F3N4O3. The molecule has 0 spiro atoms. The molecule has 0 atom stereocenters. The number of aromatic amines is 1. The van der Waals surface area contributed by atoms with Gasteiger partial charge in [-0.3, -0.25) is 14.5 Å². The van der Waals surface area contributed by atoms with Gasteiger partial charge in [0.25, 0.3) is 5.56 Å². The lowest BCUT2D eigenvalue weighted by Crippen LogP contribution is -2.28. The topological polar surface area (TPSA) is 103 Å². The number of nitrogens with zero attached hydrogens (tertiary/aromatic N) is 2. The van der Waals surface area contributed by atoms with Crippen molar-refractivity contribution in [2.75, 3.05) is 12.8 Å². The van der Waals surface area contributed by atoms with Crippen LogP contribution >= 0.6 is 0 Å². The minimum Gasteiger partial charge on any atom is -0.465 e. The number of benzene rings is 2. The van der Waals surface area contributed by atoms with E-state index in [1.165, 1.54) is 6.07 Å². The van der Waals surface area contributed by atoms with Crippen LogP contribution in [0.1, 0.15) is 15.9 Å². The van der Waals surface area contributed by atoms with Gasteiger partial charge in [-0.1, -0.05) is 18.2 Å². The fourth-order valence-corrected chi connectivity index (χ4v) is 3.26. The van der Waals surface area contributed by atoms with Crippen molar-refractivity contribution in [1.29, 1.82) is 0 Å². The quantitative estimate of drug-likeness (QED) is 0.501. The number of nitrogens with one attached hydrogen (secondary N) is 1. The van der Waals surface area contributed by atoms with Gasteiger partial charge in [0.2, 0.25) is 0 Å². The van der Waals surface area contributed by atoms with Gasteiger partial charge >= 0.3 is 12.1 Å². The first-order valence-corrected chi connectivity index (χ1v) is 8.30. The van der Waals surface area contributed by atoms with E-state index >= 15 is 0 Å². The van der Waals surface area contributed by atoms with E-state index in [-0.39, 0.29) is 22.3 Å². The van der Waals surface area contributed by atoms with Gasteiger partial charge in [0.05, 0.1) is 29.6 Å². The average molecular weight is 402 g/mol. The molecule has 0 saturated carbocycles. The van der Waals surface area contributed by atoms with Gasteiger partial charge in [-0.25, -0.2) is 4.79 Å². The van der Waals surface area contributed by atoms with Crippen molar-refractivity contribution in [3.05, 3.63) is 64.1 Å². The Kier molecular flexibility index (Phi) is 4.07. The molecule has 0 unspecified atom stereocenters. The van der Waals surface area contributed by atoms with E-state index in [1.54, 1.807) is 18.3 Å². The molecule has 0 aliphatic carbocycles. The van der Waals surface area contributed by atoms with Gasteiger partial charge in [-0.2, -0.15) is 18.3 Å². The number of carbonyl (C=O) groups is 1. The molecule has 2 heterocycles. The zero-order chi connectivity index (χ0) is 20.9. The highest BCUT2D eigenvalue weighted by molar-refractivity contribution is 6.05. The monoisotopic (exact) mass is 402 g/mol. The molecule has 0 amide bonds. The molecule has 0 radical (unpaired) electrons. The molecule has 7 nitrogen and oxygen atoms in total. The minimum atomic E-state index is -4.64. The Labute approximate surface area is 160 Å². The van der Waals surface area contributed by atoms with Crippen LogP contribution < -0.4 is 11.3 Å². The lowest BCUT2D eigenvalue weighted by molar-refractivity contribution is -0.137. The number of H-pyrrole nitrogens is 1. The van der Waals surface area contributed by atoms with Crippen molar-refractivity contribution in [3.63, 3.8) is 0 Å². The number of rotatable bonds is 2. The van der Waals surface area contributed by atoms with Crippen molar-refractivity contribution in [1.82, 2.24) is 14.8 Å². The fraction of sp³-hybridized carbons (Fsp3) is 0.105. The number of ether oxygens (including phenoxy) is 1. The van der Waals surface area contributed by atoms with E-state index in [0.29, 0.717) is 10.9 Å². The maximum absolute atomic E-state index is 13.3. The van der Waals surface area contributed by atoms with Gasteiger partial charge in [-0.05, 0) is 18.2 Å². The third kappa shape index (κ3) is 2.80. The number of aromatic nitrogens is 3. The van der Waals surface area contributed by atoms with Crippen molar-refractivity contribution >= 4 is 33.5 Å². The summed E-state index contributed by atoms with van der Waals surface area (Å²) in [7, 11) is 1.08. The van der Waals surface area contributed by atoms with E-state index in [0.717, 1.165) is 29.9 Å². The largest absolute Gasteiger partial charge is 0.465 e. The normalized spacial score (nSPS) is 11.9. The predicted octanol–water partition coefficient (Wildman–Crippen LogP) is 3.25.